The Morgan fingerprint density at radius 1 is 1.25 bits per heavy atom. The van der Waals surface area contributed by atoms with Crippen LogP contribution in [0.4, 0.5) is 0 Å². The molecule has 3 heterocycles. The van der Waals surface area contributed by atoms with Gasteiger partial charge in [-0.3, -0.25) is 4.79 Å². The molecule has 0 saturated heterocycles. The maximum atomic E-state index is 12.9. The van der Waals surface area contributed by atoms with Gasteiger partial charge in [0.25, 0.3) is 5.91 Å². The van der Waals surface area contributed by atoms with Gasteiger partial charge in [0.2, 0.25) is 0 Å². The van der Waals surface area contributed by atoms with E-state index >= 15 is 0 Å². The van der Waals surface area contributed by atoms with Gasteiger partial charge in [-0.05, 0) is 50.3 Å². The highest BCUT2D eigenvalue weighted by molar-refractivity contribution is 7.20. The van der Waals surface area contributed by atoms with Crippen LogP contribution in [0.3, 0.4) is 0 Å². The van der Waals surface area contributed by atoms with Crippen LogP contribution in [0.2, 0.25) is 0 Å². The molecule has 144 valence electrons. The van der Waals surface area contributed by atoms with Gasteiger partial charge in [0.1, 0.15) is 16.4 Å². The number of nitrogens with one attached hydrogen (secondary N) is 1. The van der Waals surface area contributed by atoms with Crippen LogP contribution in [0, 0.1) is 19.8 Å². The number of hydrogen-bond acceptors (Lipinski definition) is 5. The second-order valence-electron chi connectivity index (χ2n) is 7.88. The van der Waals surface area contributed by atoms with E-state index in [0.717, 1.165) is 44.3 Å². The van der Waals surface area contributed by atoms with Crippen molar-refractivity contribution in [2.75, 3.05) is 13.2 Å². The normalized spacial score (nSPS) is 18.6. The van der Waals surface area contributed by atoms with Crippen molar-refractivity contribution < 1.29 is 9.53 Å². The van der Waals surface area contributed by atoms with Gasteiger partial charge in [0, 0.05) is 23.8 Å². The minimum atomic E-state index is -0.0215. The second kappa shape index (κ2) is 6.85. The second-order valence-corrected chi connectivity index (χ2v) is 8.88. The van der Waals surface area contributed by atoms with Crippen molar-refractivity contribution in [3.63, 3.8) is 0 Å². The average Bonchev–Trinajstić information content (AvgIpc) is 3.49. The Bertz CT molecular complexity index is 1070. The van der Waals surface area contributed by atoms with E-state index < -0.39 is 0 Å². The molecule has 0 spiro atoms. The van der Waals surface area contributed by atoms with E-state index in [2.05, 4.69) is 16.4 Å². The number of thiophene rings is 1. The summed E-state index contributed by atoms with van der Waals surface area (Å²) in [5.41, 5.74) is 3.18. The molecule has 2 aromatic heterocycles. The average molecular weight is 394 g/mol. The lowest BCUT2D eigenvalue weighted by Gasteiger charge is -2.25. The Morgan fingerprint density at radius 2 is 2.07 bits per heavy atom. The highest BCUT2D eigenvalue weighted by Gasteiger charge is 2.29. The fourth-order valence-corrected chi connectivity index (χ4v) is 5.10. The lowest BCUT2D eigenvalue weighted by molar-refractivity contribution is 0.0942. The number of aromatic nitrogens is 2. The van der Waals surface area contributed by atoms with Crippen LogP contribution in [0.15, 0.2) is 24.3 Å². The van der Waals surface area contributed by atoms with E-state index in [-0.39, 0.29) is 11.8 Å². The van der Waals surface area contributed by atoms with Crippen molar-refractivity contribution in [1.82, 2.24) is 15.3 Å². The quantitative estimate of drug-likeness (QED) is 0.723. The molecule has 2 aliphatic rings. The SMILES string of the molecule is Cc1nc(C2CC2)nc2sc(C(=O)NCC3COc4ccccc4C3)c(C)c12. The summed E-state index contributed by atoms with van der Waals surface area (Å²) in [4.78, 5) is 24.0. The van der Waals surface area contributed by atoms with E-state index in [1.54, 1.807) is 0 Å². The number of benzene rings is 1. The summed E-state index contributed by atoms with van der Waals surface area (Å²) in [5, 5.41) is 4.15. The summed E-state index contributed by atoms with van der Waals surface area (Å²) in [6.45, 7) is 5.27. The van der Waals surface area contributed by atoms with Crippen LogP contribution in [0.5, 0.6) is 5.75 Å². The van der Waals surface area contributed by atoms with Gasteiger partial charge in [-0.2, -0.15) is 0 Å². The Labute approximate surface area is 168 Å². The predicted octanol–water partition coefficient (Wildman–Crippen LogP) is 4.17. The van der Waals surface area contributed by atoms with Crippen LogP contribution in [0.25, 0.3) is 10.2 Å². The molecule has 1 unspecified atom stereocenters. The van der Waals surface area contributed by atoms with Crippen molar-refractivity contribution in [1.29, 1.82) is 0 Å². The molecule has 28 heavy (non-hydrogen) atoms. The molecule has 1 N–H and O–H groups in total. The molecule has 1 aliphatic heterocycles. The summed E-state index contributed by atoms with van der Waals surface area (Å²) in [5.74, 6) is 2.68. The highest BCUT2D eigenvalue weighted by Crippen LogP contribution is 2.40. The number of aryl methyl sites for hydroxylation is 2. The van der Waals surface area contributed by atoms with Crippen LogP contribution in [-0.4, -0.2) is 29.0 Å². The summed E-state index contributed by atoms with van der Waals surface area (Å²) in [6, 6.07) is 8.12. The van der Waals surface area contributed by atoms with Crippen LogP contribution >= 0.6 is 11.3 Å². The molecule has 1 atom stereocenters. The van der Waals surface area contributed by atoms with Crippen LogP contribution in [-0.2, 0) is 6.42 Å². The van der Waals surface area contributed by atoms with Crippen molar-refractivity contribution in [2.24, 2.45) is 5.92 Å². The summed E-state index contributed by atoms with van der Waals surface area (Å²) >= 11 is 1.49. The first-order valence-corrected chi connectivity index (χ1v) is 10.7. The van der Waals surface area contributed by atoms with E-state index in [9.17, 15) is 4.79 Å². The number of rotatable bonds is 4. The zero-order valence-corrected chi connectivity index (χ0v) is 16.9. The number of fused-ring (bicyclic) bond motifs is 2. The molecule has 1 aromatic carbocycles. The van der Waals surface area contributed by atoms with Crippen molar-refractivity contribution in [3.05, 3.63) is 51.8 Å². The molecule has 1 aliphatic carbocycles. The fraction of sp³-hybridized carbons (Fsp3) is 0.409. The number of hydrogen-bond donors (Lipinski definition) is 1. The first-order chi connectivity index (χ1) is 13.6. The molecule has 1 amide bonds. The monoisotopic (exact) mass is 393 g/mol. The summed E-state index contributed by atoms with van der Waals surface area (Å²) < 4.78 is 5.84. The third-order valence-electron chi connectivity index (χ3n) is 5.64. The molecule has 1 fully saturated rings. The maximum Gasteiger partial charge on any atom is 0.261 e. The van der Waals surface area contributed by atoms with E-state index in [1.165, 1.54) is 29.7 Å². The number of carbonyl (C=O) groups is 1. The van der Waals surface area contributed by atoms with E-state index in [4.69, 9.17) is 9.72 Å². The molecule has 6 heteroatoms. The van der Waals surface area contributed by atoms with Gasteiger partial charge in [-0.1, -0.05) is 18.2 Å². The van der Waals surface area contributed by atoms with Crippen LogP contribution < -0.4 is 10.1 Å². The molecular weight excluding hydrogens is 370 g/mol. The van der Waals surface area contributed by atoms with Gasteiger partial charge in [0.05, 0.1) is 17.2 Å². The smallest absolute Gasteiger partial charge is 0.261 e. The van der Waals surface area contributed by atoms with Gasteiger partial charge in [-0.15, -0.1) is 11.3 Å². The Balaban J connectivity index is 1.32. The first-order valence-electron chi connectivity index (χ1n) is 9.86. The van der Waals surface area contributed by atoms with Gasteiger partial charge >= 0.3 is 0 Å². The first kappa shape index (κ1) is 17.6. The zero-order chi connectivity index (χ0) is 19.3. The van der Waals surface area contributed by atoms with Crippen molar-refractivity contribution >= 4 is 27.5 Å². The largest absolute Gasteiger partial charge is 0.493 e. The Hall–Kier alpha value is -2.47. The highest BCUT2D eigenvalue weighted by atomic mass is 32.1. The number of amides is 1. The number of ether oxygens (including phenoxy) is 1. The molecule has 0 bridgehead atoms. The molecule has 5 nitrogen and oxygen atoms in total. The summed E-state index contributed by atoms with van der Waals surface area (Å²) in [7, 11) is 0. The molecule has 0 radical (unpaired) electrons. The number of para-hydroxylation sites is 1. The van der Waals surface area contributed by atoms with Crippen molar-refractivity contribution in [3.8, 4) is 5.75 Å². The minimum Gasteiger partial charge on any atom is -0.493 e. The fourth-order valence-electron chi connectivity index (χ4n) is 3.94. The molecular formula is C22H23N3O2S. The van der Waals surface area contributed by atoms with Gasteiger partial charge < -0.3 is 10.1 Å². The van der Waals surface area contributed by atoms with Gasteiger partial charge in [0.15, 0.2) is 0 Å². The van der Waals surface area contributed by atoms with E-state index in [1.807, 2.05) is 32.0 Å². The Morgan fingerprint density at radius 3 is 2.89 bits per heavy atom. The third kappa shape index (κ3) is 3.15. The van der Waals surface area contributed by atoms with Crippen LogP contribution in [0.1, 0.15) is 51.1 Å². The zero-order valence-electron chi connectivity index (χ0n) is 16.1. The van der Waals surface area contributed by atoms with E-state index in [0.29, 0.717) is 19.1 Å². The summed E-state index contributed by atoms with van der Waals surface area (Å²) in [6.07, 6.45) is 3.28. The lowest BCUT2D eigenvalue weighted by atomic mass is 9.97. The third-order valence-corrected chi connectivity index (χ3v) is 6.83. The molecule has 5 rings (SSSR count). The maximum absolute atomic E-state index is 12.9. The predicted molar refractivity (Wildman–Crippen MR) is 110 cm³/mol. The molecule has 1 saturated carbocycles. The number of nitrogens with zero attached hydrogens (tertiary/aromatic N) is 2. The molecule has 3 aromatic rings. The topological polar surface area (TPSA) is 64.1 Å². The number of carbonyl (C=O) groups excluding carboxylic acids is 1. The van der Waals surface area contributed by atoms with Crippen molar-refractivity contribution in [2.45, 2.75) is 39.0 Å². The Kier molecular flexibility index (Phi) is 4.31. The standard InChI is InChI=1S/C22H23N3O2S/c1-12-18-13(2)24-20(15-7-8-15)25-22(18)28-19(12)21(26)23-10-14-9-16-5-3-4-6-17(16)27-11-14/h3-6,14-15H,7-11H2,1-2H3,(H,23,26). The lowest BCUT2D eigenvalue weighted by Crippen LogP contribution is -2.34. The van der Waals surface area contributed by atoms with Gasteiger partial charge in [-0.25, -0.2) is 9.97 Å². The minimum absolute atomic E-state index is 0.0215.